The number of rotatable bonds is 2. The minimum Gasteiger partial charge on any atom is -0.481 e. The molecule has 0 bridgehead atoms. The first kappa shape index (κ1) is 10.9. The SMILES string of the molecule is O=C(O)C1(c2ccccc2I)CCNC1. The molecule has 2 N–H and O–H groups in total. The number of carboxylic acid groups (broad SMARTS) is 1. The molecule has 1 unspecified atom stereocenters. The Hall–Kier alpha value is -0.620. The number of carboxylic acids is 1. The van der Waals surface area contributed by atoms with Gasteiger partial charge >= 0.3 is 5.97 Å². The van der Waals surface area contributed by atoms with Crippen LogP contribution in [0.2, 0.25) is 0 Å². The second-order valence-corrected chi connectivity index (χ2v) is 4.96. The van der Waals surface area contributed by atoms with Crippen molar-refractivity contribution in [2.45, 2.75) is 11.8 Å². The zero-order chi connectivity index (χ0) is 10.9. The average molecular weight is 317 g/mol. The van der Waals surface area contributed by atoms with Crippen molar-refractivity contribution < 1.29 is 9.90 Å². The van der Waals surface area contributed by atoms with Crippen LogP contribution in [0.1, 0.15) is 12.0 Å². The van der Waals surface area contributed by atoms with Crippen LogP contribution >= 0.6 is 22.6 Å². The Morgan fingerprint density at radius 3 is 2.73 bits per heavy atom. The van der Waals surface area contributed by atoms with E-state index in [0.29, 0.717) is 13.0 Å². The first-order valence-corrected chi connectivity index (χ1v) is 5.94. The Bertz CT molecular complexity index is 386. The predicted molar refractivity (Wildman–Crippen MR) is 66.0 cm³/mol. The number of hydrogen-bond donors (Lipinski definition) is 2. The van der Waals surface area contributed by atoms with Gasteiger partial charge < -0.3 is 10.4 Å². The van der Waals surface area contributed by atoms with E-state index in [0.717, 1.165) is 15.7 Å². The van der Waals surface area contributed by atoms with E-state index in [1.54, 1.807) is 0 Å². The molecule has 1 aliphatic heterocycles. The van der Waals surface area contributed by atoms with E-state index in [9.17, 15) is 9.90 Å². The van der Waals surface area contributed by atoms with Crippen molar-refractivity contribution in [1.29, 1.82) is 0 Å². The van der Waals surface area contributed by atoms with Gasteiger partial charge in [-0.25, -0.2) is 0 Å². The number of aliphatic carboxylic acids is 1. The third-order valence-corrected chi connectivity index (χ3v) is 3.89. The lowest BCUT2D eigenvalue weighted by Gasteiger charge is -2.24. The van der Waals surface area contributed by atoms with Crippen molar-refractivity contribution in [2.24, 2.45) is 0 Å². The van der Waals surface area contributed by atoms with E-state index < -0.39 is 11.4 Å². The fourth-order valence-electron chi connectivity index (χ4n) is 2.07. The lowest BCUT2D eigenvalue weighted by Crippen LogP contribution is -2.38. The molecule has 1 aromatic rings. The van der Waals surface area contributed by atoms with Crippen LogP contribution in [0.4, 0.5) is 0 Å². The number of hydrogen-bond acceptors (Lipinski definition) is 2. The highest BCUT2D eigenvalue weighted by molar-refractivity contribution is 14.1. The van der Waals surface area contributed by atoms with E-state index in [1.807, 2.05) is 24.3 Å². The summed E-state index contributed by atoms with van der Waals surface area (Å²) in [5.74, 6) is -0.725. The van der Waals surface area contributed by atoms with E-state index in [2.05, 4.69) is 27.9 Å². The molecule has 1 aromatic carbocycles. The van der Waals surface area contributed by atoms with Gasteiger partial charge in [-0.2, -0.15) is 0 Å². The van der Waals surface area contributed by atoms with E-state index in [4.69, 9.17) is 0 Å². The first-order valence-electron chi connectivity index (χ1n) is 4.86. The Morgan fingerprint density at radius 2 is 2.20 bits per heavy atom. The Kier molecular flexibility index (Phi) is 2.97. The smallest absolute Gasteiger partial charge is 0.315 e. The quantitative estimate of drug-likeness (QED) is 0.815. The molecule has 15 heavy (non-hydrogen) atoms. The molecule has 3 nitrogen and oxygen atoms in total. The van der Waals surface area contributed by atoms with Crippen LogP contribution < -0.4 is 5.32 Å². The maximum atomic E-state index is 11.4. The van der Waals surface area contributed by atoms with Gasteiger partial charge in [-0.05, 0) is 47.2 Å². The van der Waals surface area contributed by atoms with E-state index in [-0.39, 0.29) is 0 Å². The Balaban J connectivity index is 2.50. The summed E-state index contributed by atoms with van der Waals surface area (Å²) in [6.07, 6.45) is 0.669. The molecule has 1 fully saturated rings. The fraction of sp³-hybridized carbons (Fsp3) is 0.364. The second-order valence-electron chi connectivity index (χ2n) is 3.79. The van der Waals surface area contributed by atoms with Crippen molar-refractivity contribution in [3.63, 3.8) is 0 Å². The minimum atomic E-state index is -0.725. The standard InChI is InChI=1S/C11H12INO2/c12-9-4-2-1-3-8(9)11(10(14)15)5-6-13-7-11/h1-4,13H,5-7H2,(H,14,15). The van der Waals surface area contributed by atoms with Crippen molar-refractivity contribution in [3.8, 4) is 0 Å². The highest BCUT2D eigenvalue weighted by Crippen LogP contribution is 2.33. The van der Waals surface area contributed by atoms with Gasteiger partial charge in [0.15, 0.2) is 0 Å². The third kappa shape index (κ3) is 1.76. The minimum absolute atomic E-state index is 0.530. The van der Waals surface area contributed by atoms with Crippen LogP contribution in [-0.2, 0) is 10.2 Å². The lowest BCUT2D eigenvalue weighted by atomic mass is 9.80. The zero-order valence-electron chi connectivity index (χ0n) is 8.16. The van der Waals surface area contributed by atoms with Crippen LogP contribution in [-0.4, -0.2) is 24.2 Å². The van der Waals surface area contributed by atoms with Crippen LogP contribution in [0.15, 0.2) is 24.3 Å². The highest BCUT2D eigenvalue weighted by Gasteiger charge is 2.43. The molecule has 4 heteroatoms. The Morgan fingerprint density at radius 1 is 1.47 bits per heavy atom. The molecule has 0 saturated carbocycles. The first-order chi connectivity index (χ1) is 7.17. The van der Waals surface area contributed by atoms with Crippen molar-refractivity contribution in [2.75, 3.05) is 13.1 Å². The molecule has 1 saturated heterocycles. The Labute approximate surface area is 102 Å². The summed E-state index contributed by atoms with van der Waals surface area (Å²) < 4.78 is 1.03. The zero-order valence-corrected chi connectivity index (χ0v) is 10.3. The van der Waals surface area contributed by atoms with Crippen molar-refractivity contribution >= 4 is 28.6 Å². The molecule has 0 aliphatic carbocycles. The maximum absolute atomic E-state index is 11.4. The van der Waals surface area contributed by atoms with Gasteiger partial charge in [0, 0.05) is 10.1 Å². The molecule has 1 atom stereocenters. The summed E-state index contributed by atoms with van der Waals surface area (Å²) in [6, 6.07) is 7.71. The van der Waals surface area contributed by atoms with E-state index in [1.165, 1.54) is 0 Å². The summed E-state index contributed by atoms with van der Waals surface area (Å²) in [7, 11) is 0. The van der Waals surface area contributed by atoms with Gasteiger partial charge in [0.2, 0.25) is 0 Å². The molecule has 0 spiro atoms. The fourth-order valence-corrected chi connectivity index (χ4v) is 2.97. The normalized spacial score (nSPS) is 25.4. The number of benzene rings is 1. The molecular formula is C11H12INO2. The largest absolute Gasteiger partial charge is 0.481 e. The molecule has 2 rings (SSSR count). The molecular weight excluding hydrogens is 305 g/mol. The van der Waals surface area contributed by atoms with E-state index >= 15 is 0 Å². The molecule has 0 radical (unpaired) electrons. The summed E-state index contributed by atoms with van der Waals surface area (Å²) in [5, 5.41) is 12.5. The molecule has 80 valence electrons. The monoisotopic (exact) mass is 317 g/mol. The van der Waals surface area contributed by atoms with Crippen LogP contribution in [0.3, 0.4) is 0 Å². The van der Waals surface area contributed by atoms with Crippen molar-refractivity contribution in [3.05, 3.63) is 33.4 Å². The summed E-state index contributed by atoms with van der Waals surface area (Å²) in [5.41, 5.74) is 0.209. The van der Waals surface area contributed by atoms with Gasteiger partial charge in [-0.3, -0.25) is 4.79 Å². The van der Waals surface area contributed by atoms with Gasteiger partial charge in [-0.15, -0.1) is 0 Å². The van der Waals surface area contributed by atoms with Gasteiger partial charge in [0.05, 0.1) is 0 Å². The molecule has 1 aliphatic rings. The summed E-state index contributed by atoms with van der Waals surface area (Å²) >= 11 is 2.20. The maximum Gasteiger partial charge on any atom is 0.315 e. The average Bonchev–Trinajstić information content (AvgIpc) is 2.68. The number of carbonyl (C=O) groups is 1. The van der Waals surface area contributed by atoms with Crippen LogP contribution in [0, 0.1) is 3.57 Å². The number of halogens is 1. The summed E-state index contributed by atoms with van der Waals surface area (Å²) in [6.45, 7) is 1.31. The molecule has 0 amide bonds. The van der Waals surface area contributed by atoms with Crippen LogP contribution in [0.25, 0.3) is 0 Å². The third-order valence-electron chi connectivity index (χ3n) is 2.95. The van der Waals surface area contributed by atoms with Crippen LogP contribution in [0.5, 0.6) is 0 Å². The summed E-state index contributed by atoms with van der Waals surface area (Å²) in [4.78, 5) is 11.4. The predicted octanol–water partition coefficient (Wildman–Crippen LogP) is 1.61. The second kappa shape index (κ2) is 4.09. The van der Waals surface area contributed by atoms with Gasteiger partial charge in [0.25, 0.3) is 0 Å². The number of nitrogens with one attached hydrogen (secondary N) is 1. The van der Waals surface area contributed by atoms with Gasteiger partial charge in [-0.1, -0.05) is 18.2 Å². The topological polar surface area (TPSA) is 49.3 Å². The highest BCUT2D eigenvalue weighted by atomic mass is 127. The molecule has 1 heterocycles. The lowest BCUT2D eigenvalue weighted by molar-refractivity contribution is -0.143. The molecule has 0 aromatic heterocycles. The van der Waals surface area contributed by atoms with Gasteiger partial charge in [0.1, 0.15) is 5.41 Å². The van der Waals surface area contributed by atoms with Crippen molar-refractivity contribution in [1.82, 2.24) is 5.32 Å².